The Labute approximate surface area is 133 Å². The van der Waals surface area contributed by atoms with Crippen LogP contribution in [0.3, 0.4) is 0 Å². The van der Waals surface area contributed by atoms with Crippen LogP contribution in [0.25, 0.3) is 0 Å². The number of amides is 1. The fraction of sp³-hybridized carbons (Fsp3) is 0.429. The lowest BCUT2D eigenvalue weighted by atomic mass is 10.1. The van der Waals surface area contributed by atoms with E-state index in [1.807, 2.05) is 6.92 Å². The number of benzene rings is 1. The number of anilines is 1. The van der Waals surface area contributed by atoms with Crippen molar-refractivity contribution in [3.63, 3.8) is 0 Å². The number of aliphatic carboxylic acids is 1. The molecular weight excluding hydrogens is 315 g/mol. The van der Waals surface area contributed by atoms with Crippen LogP contribution in [0.5, 0.6) is 0 Å². The molecular formula is C14H18Cl2N2O3. The van der Waals surface area contributed by atoms with Gasteiger partial charge in [0, 0.05) is 5.02 Å². The second kappa shape index (κ2) is 8.22. The standard InChI is InChI=1S/C14H18Cl2N2O3/c1-3-4-11(14(20)21)17-8(2)13(19)18-12-7-9(15)5-6-10(12)16/h5-8,11,17H,3-4H2,1-2H3,(H,18,19)(H,20,21). The molecule has 1 amide bonds. The summed E-state index contributed by atoms with van der Waals surface area (Å²) in [5.41, 5.74) is 0.394. The zero-order valence-electron chi connectivity index (χ0n) is 11.8. The summed E-state index contributed by atoms with van der Waals surface area (Å²) < 4.78 is 0. The molecule has 2 unspecified atom stereocenters. The molecule has 0 aliphatic rings. The van der Waals surface area contributed by atoms with Gasteiger partial charge >= 0.3 is 5.97 Å². The minimum absolute atomic E-state index is 0.364. The monoisotopic (exact) mass is 332 g/mol. The minimum atomic E-state index is -0.975. The quantitative estimate of drug-likeness (QED) is 0.716. The third-order valence-corrected chi connectivity index (χ3v) is 3.47. The number of carbonyl (C=O) groups excluding carboxylic acids is 1. The third kappa shape index (κ3) is 5.53. The lowest BCUT2D eigenvalue weighted by Gasteiger charge is -2.19. The van der Waals surface area contributed by atoms with E-state index in [9.17, 15) is 9.59 Å². The first-order chi connectivity index (χ1) is 9.85. The maximum atomic E-state index is 12.1. The van der Waals surface area contributed by atoms with E-state index >= 15 is 0 Å². The number of carbonyl (C=O) groups is 2. The van der Waals surface area contributed by atoms with Crippen LogP contribution >= 0.6 is 23.2 Å². The summed E-state index contributed by atoms with van der Waals surface area (Å²) in [5, 5.41) is 15.3. The summed E-state index contributed by atoms with van der Waals surface area (Å²) >= 11 is 11.8. The van der Waals surface area contributed by atoms with Crippen molar-refractivity contribution in [2.45, 2.75) is 38.8 Å². The molecule has 1 rings (SSSR count). The smallest absolute Gasteiger partial charge is 0.320 e. The van der Waals surface area contributed by atoms with Gasteiger partial charge in [0.2, 0.25) is 5.91 Å². The summed E-state index contributed by atoms with van der Waals surface area (Å²) in [6.07, 6.45) is 1.16. The van der Waals surface area contributed by atoms with E-state index in [2.05, 4.69) is 10.6 Å². The van der Waals surface area contributed by atoms with Crippen molar-refractivity contribution in [2.24, 2.45) is 0 Å². The van der Waals surface area contributed by atoms with Crippen molar-refractivity contribution in [2.75, 3.05) is 5.32 Å². The molecule has 2 atom stereocenters. The number of nitrogens with one attached hydrogen (secondary N) is 2. The first-order valence-corrected chi connectivity index (χ1v) is 7.35. The van der Waals surface area contributed by atoms with Gasteiger partial charge in [0.15, 0.2) is 0 Å². The van der Waals surface area contributed by atoms with Crippen LogP contribution in [0.4, 0.5) is 5.69 Å². The van der Waals surface area contributed by atoms with Crippen molar-refractivity contribution >= 4 is 40.8 Å². The highest BCUT2D eigenvalue weighted by Crippen LogP contribution is 2.25. The van der Waals surface area contributed by atoms with E-state index in [0.29, 0.717) is 28.6 Å². The maximum absolute atomic E-state index is 12.1. The topological polar surface area (TPSA) is 78.4 Å². The van der Waals surface area contributed by atoms with Gasteiger partial charge in [0.25, 0.3) is 0 Å². The Bertz CT molecular complexity index is 523. The number of carboxylic acid groups (broad SMARTS) is 1. The summed E-state index contributed by atoms with van der Waals surface area (Å²) in [7, 11) is 0. The van der Waals surface area contributed by atoms with E-state index in [4.69, 9.17) is 28.3 Å². The van der Waals surface area contributed by atoms with Gasteiger partial charge in [-0.2, -0.15) is 0 Å². The Morgan fingerprint density at radius 3 is 2.57 bits per heavy atom. The second-order valence-corrected chi connectivity index (χ2v) is 5.52. The van der Waals surface area contributed by atoms with E-state index in [1.54, 1.807) is 19.1 Å². The van der Waals surface area contributed by atoms with Crippen molar-refractivity contribution in [3.8, 4) is 0 Å². The van der Waals surface area contributed by atoms with E-state index in [-0.39, 0.29) is 5.91 Å². The number of hydrogen-bond donors (Lipinski definition) is 3. The van der Waals surface area contributed by atoms with Crippen LogP contribution < -0.4 is 10.6 Å². The van der Waals surface area contributed by atoms with Crippen LogP contribution in [-0.4, -0.2) is 29.1 Å². The SMILES string of the molecule is CCCC(NC(C)C(=O)Nc1cc(Cl)ccc1Cl)C(=O)O. The van der Waals surface area contributed by atoms with Crippen LogP contribution in [0.1, 0.15) is 26.7 Å². The van der Waals surface area contributed by atoms with Gasteiger partial charge in [-0.1, -0.05) is 36.5 Å². The molecule has 7 heteroatoms. The van der Waals surface area contributed by atoms with Gasteiger partial charge in [-0.3, -0.25) is 14.9 Å². The van der Waals surface area contributed by atoms with Gasteiger partial charge in [-0.05, 0) is 31.5 Å². The average molecular weight is 333 g/mol. The predicted molar refractivity (Wildman–Crippen MR) is 84.0 cm³/mol. The van der Waals surface area contributed by atoms with E-state index in [0.717, 1.165) is 0 Å². The van der Waals surface area contributed by atoms with Gasteiger partial charge in [0.1, 0.15) is 6.04 Å². The molecule has 1 aromatic rings. The molecule has 0 bridgehead atoms. The zero-order valence-corrected chi connectivity index (χ0v) is 13.3. The van der Waals surface area contributed by atoms with Crippen molar-refractivity contribution in [1.29, 1.82) is 0 Å². The molecule has 116 valence electrons. The fourth-order valence-electron chi connectivity index (χ4n) is 1.78. The van der Waals surface area contributed by atoms with Crippen molar-refractivity contribution in [1.82, 2.24) is 5.32 Å². The molecule has 0 heterocycles. The van der Waals surface area contributed by atoms with Crippen LogP contribution in [-0.2, 0) is 9.59 Å². The Kier molecular flexibility index (Phi) is 6.95. The molecule has 0 aromatic heterocycles. The molecule has 0 saturated heterocycles. The Morgan fingerprint density at radius 2 is 2.00 bits per heavy atom. The summed E-state index contributed by atoms with van der Waals surface area (Å²) in [5.74, 6) is -1.35. The normalized spacial score (nSPS) is 13.5. The molecule has 3 N–H and O–H groups in total. The molecule has 5 nitrogen and oxygen atoms in total. The Balaban J connectivity index is 2.70. The van der Waals surface area contributed by atoms with Gasteiger partial charge in [-0.25, -0.2) is 0 Å². The highest BCUT2D eigenvalue weighted by Gasteiger charge is 2.22. The molecule has 0 aliphatic heterocycles. The first kappa shape index (κ1) is 17.8. The molecule has 1 aromatic carbocycles. The molecule has 21 heavy (non-hydrogen) atoms. The second-order valence-electron chi connectivity index (χ2n) is 4.68. The fourth-order valence-corrected chi connectivity index (χ4v) is 2.12. The molecule has 0 aliphatic carbocycles. The Morgan fingerprint density at radius 1 is 1.33 bits per heavy atom. The molecule has 0 saturated carbocycles. The predicted octanol–water partition coefficient (Wildman–Crippen LogP) is 3.16. The van der Waals surface area contributed by atoms with Crippen molar-refractivity contribution < 1.29 is 14.7 Å². The number of carboxylic acids is 1. The maximum Gasteiger partial charge on any atom is 0.320 e. The third-order valence-electron chi connectivity index (χ3n) is 2.91. The first-order valence-electron chi connectivity index (χ1n) is 6.60. The van der Waals surface area contributed by atoms with Crippen LogP contribution in [0.15, 0.2) is 18.2 Å². The van der Waals surface area contributed by atoms with E-state index in [1.165, 1.54) is 6.07 Å². The largest absolute Gasteiger partial charge is 0.480 e. The zero-order chi connectivity index (χ0) is 16.0. The lowest BCUT2D eigenvalue weighted by molar-refractivity contribution is -0.140. The van der Waals surface area contributed by atoms with Gasteiger partial charge < -0.3 is 10.4 Å². The molecule has 0 radical (unpaired) electrons. The summed E-state index contributed by atoms with van der Waals surface area (Å²) in [6.45, 7) is 3.48. The molecule has 0 fully saturated rings. The van der Waals surface area contributed by atoms with Gasteiger partial charge in [0.05, 0.1) is 16.8 Å². The van der Waals surface area contributed by atoms with E-state index < -0.39 is 18.1 Å². The summed E-state index contributed by atoms with van der Waals surface area (Å²) in [6, 6.07) is 3.30. The van der Waals surface area contributed by atoms with Crippen molar-refractivity contribution in [3.05, 3.63) is 28.2 Å². The lowest BCUT2D eigenvalue weighted by Crippen LogP contribution is -2.47. The number of rotatable bonds is 7. The highest BCUT2D eigenvalue weighted by molar-refractivity contribution is 6.35. The average Bonchev–Trinajstić information content (AvgIpc) is 2.42. The number of halogens is 2. The number of hydrogen-bond acceptors (Lipinski definition) is 3. The summed E-state index contributed by atoms with van der Waals surface area (Å²) in [4.78, 5) is 23.1. The molecule has 0 spiro atoms. The Hall–Kier alpha value is -1.30. The van der Waals surface area contributed by atoms with Crippen LogP contribution in [0.2, 0.25) is 10.0 Å². The van der Waals surface area contributed by atoms with Gasteiger partial charge in [-0.15, -0.1) is 0 Å². The highest BCUT2D eigenvalue weighted by atomic mass is 35.5. The van der Waals surface area contributed by atoms with Crippen LogP contribution in [0, 0.1) is 0 Å². The minimum Gasteiger partial charge on any atom is -0.480 e.